The molecule has 0 radical (unpaired) electrons. The van der Waals surface area contributed by atoms with E-state index in [0.29, 0.717) is 13.2 Å². The molecule has 8 heavy (non-hydrogen) atoms. The van der Waals surface area contributed by atoms with E-state index in [2.05, 4.69) is 0 Å². The topological polar surface area (TPSA) is 38.7 Å². The van der Waals surface area contributed by atoms with Gasteiger partial charge in [-0.05, 0) is 0 Å². The van der Waals surface area contributed by atoms with E-state index in [1.807, 2.05) is 0 Å². The normalized spacial score (nSPS) is 38.2. The molecule has 1 N–H and O–H groups in total. The average Bonchev–Trinajstić information content (AvgIpc) is 2.14. The van der Waals surface area contributed by atoms with Crippen LogP contribution in [0.15, 0.2) is 0 Å². The van der Waals surface area contributed by atoms with Crippen molar-refractivity contribution in [2.24, 2.45) is 0 Å². The number of rotatable bonds is 1. The standard InChI is InChI=1S/C5H10O3/c1-7-5-3-8-2-4(5)6/h4-6H,2-3H2,1H3/t4-,5+/m0/s1. The van der Waals surface area contributed by atoms with Crippen LogP contribution in [0.3, 0.4) is 0 Å². The minimum Gasteiger partial charge on any atom is -0.388 e. The number of hydrogen-bond acceptors (Lipinski definition) is 3. The summed E-state index contributed by atoms with van der Waals surface area (Å²) in [5.74, 6) is 0. The third-order valence-electron chi connectivity index (χ3n) is 1.30. The summed E-state index contributed by atoms with van der Waals surface area (Å²) in [5, 5.41) is 8.94. The lowest BCUT2D eigenvalue weighted by Gasteiger charge is -2.07. The number of aliphatic hydroxyl groups is 1. The van der Waals surface area contributed by atoms with Crippen LogP contribution in [0.5, 0.6) is 0 Å². The maximum Gasteiger partial charge on any atom is 0.109 e. The van der Waals surface area contributed by atoms with Crippen LogP contribution in [0, 0.1) is 0 Å². The lowest BCUT2D eigenvalue weighted by atomic mass is 10.3. The summed E-state index contributed by atoms with van der Waals surface area (Å²) in [6, 6.07) is 0. The molecule has 48 valence electrons. The fourth-order valence-electron chi connectivity index (χ4n) is 0.748. The van der Waals surface area contributed by atoms with Gasteiger partial charge in [0.25, 0.3) is 0 Å². The van der Waals surface area contributed by atoms with E-state index in [1.165, 1.54) is 0 Å². The van der Waals surface area contributed by atoms with Gasteiger partial charge in [0.05, 0.1) is 13.2 Å². The summed E-state index contributed by atoms with van der Waals surface area (Å²) in [5.41, 5.74) is 0. The minimum absolute atomic E-state index is 0.102. The van der Waals surface area contributed by atoms with Crippen LogP contribution >= 0.6 is 0 Å². The summed E-state index contributed by atoms with van der Waals surface area (Å²) in [7, 11) is 1.57. The molecule has 0 aromatic carbocycles. The van der Waals surface area contributed by atoms with Crippen molar-refractivity contribution in [3.8, 4) is 0 Å². The fourth-order valence-corrected chi connectivity index (χ4v) is 0.748. The Labute approximate surface area is 48.2 Å². The van der Waals surface area contributed by atoms with Crippen LogP contribution in [0.2, 0.25) is 0 Å². The van der Waals surface area contributed by atoms with Crippen molar-refractivity contribution < 1.29 is 14.6 Å². The highest BCUT2D eigenvalue weighted by Gasteiger charge is 2.25. The first-order valence-corrected chi connectivity index (χ1v) is 2.63. The molecular weight excluding hydrogens is 108 g/mol. The predicted octanol–water partition coefficient (Wildman–Crippen LogP) is -0.608. The van der Waals surface area contributed by atoms with Crippen molar-refractivity contribution in [3.05, 3.63) is 0 Å². The van der Waals surface area contributed by atoms with Crippen molar-refractivity contribution in [3.63, 3.8) is 0 Å². The molecule has 0 spiro atoms. The quantitative estimate of drug-likeness (QED) is 0.499. The van der Waals surface area contributed by atoms with Crippen molar-refractivity contribution in [1.29, 1.82) is 0 Å². The third kappa shape index (κ3) is 0.992. The third-order valence-corrected chi connectivity index (χ3v) is 1.30. The molecule has 3 nitrogen and oxygen atoms in total. The van der Waals surface area contributed by atoms with E-state index in [9.17, 15) is 0 Å². The van der Waals surface area contributed by atoms with Gasteiger partial charge >= 0.3 is 0 Å². The molecule has 1 aliphatic heterocycles. The Morgan fingerprint density at radius 2 is 2.38 bits per heavy atom. The molecule has 0 aromatic rings. The molecule has 0 aliphatic carbocycles. The number of hydrogen-bond donors (Lipinski definition) is 1. The number of ether oxygens (including phenoxy) is 2. The highest BCUT2D eigenvalue weighted by atomic mass is 16.6. The zero-order valence-electron chi connectivity index (χ0n) is 4.83. The highest BCUT2D eigenvalue weighted by Crippen LogP contribution is 2.07. The summed E-state index contributed by atoms with van der Waals surface area (Å²) >= 11 is 0. The predicted molar refractivity (Wildman–Crippen MR) is 27.6 cm³/mol. The van der Waals surface area contributed by atoms with Crippen LogP contribution < -0.4 is 0 Å². The lowest BCUT2D eigenvalue weighted by molar-refractivity contribution is 0.0209. The monoisotopic (exact) mass is 118 g/mol. The van der Waals surface area contributed by atoms with Gasteiger partial charge < -0.3 is 14.6 Å². The smallest absolute Gasteiger partial charge is 0.109 e. The second-order valence-corrected chi connectivity index (χ2v) is 1.88. The van der Waals surface area contributed by atoms with Crippen LogP contribution in [0.25, 0.3) is 0 Å². The highest BCUT2D eigenvalue weighted by molar-refractivity contribution is 4.73. The van der Waals surface area contributed by atoms with Gasteiger partial charge in [-0.2, -0.15) is 0 Å². The largest absolute Gasteiger partial charge is 0.388 e. The molecular formula is C5H10O3. The molecule has 3 heteroatoms. The number of methoxy groups -OCH3 is 1. The molecule has 0 amide bonds. The van der Waals surface area contributed by atoms with Gasteiger partial charge in [-0.15, -0.1) is 0 Å². The van der Waals surface area contributed by atoms with E-state index in [4.69, 9.17) is 14.6 Å². The molecule has 1 fully saturated rings. The lowest BCUT2D eigenvalue weighted by Crippen LogP contribution is -2.25. The molecule has 0 unspecified atom stereocenters. The Morgan fingerprint density at radius 1 is 1.62 bits per heavy atom. The minimum atomic E-state index is -0.417. The van der Waals surface area contributed by atoms with E-state index < -0.39 is 6.10 Å². The fraction of sp³-hybridized carbons (Fsp3) is 1.00. The summed E-state index contributed by atoms with van der Waals surface area (Å²) in [6.07, 6.45) is -0.519. The molecule has 2 atom stereocenters. The van der Waals surface area contributed by atoms with Crippen molar-refractivity contribution in [1.82, 2.24) is 0 Å². The van der Waals surface area contributed by atoms with Crippen molar-refractivity contribution in [2.45, 2.75) is 12.2 Å². The van der Waals surface area contributed by atoms with Gasteiger partial charge in [-0.3, -0.25) is 0 Å². The van der Waals surface area contributed by atoms with Gasteiger partial charge in [0.15, 0.2) is 0 Å². The Morgan fingerprint density at radius 3 is 2.62 bits per heavy atom. The molecule has 1 saturated heterocycles. The maximum absolute atomic E-state index is 8.94. The number of aliphatic hydroxyl groups excluding tert-OH is 1. The van der Waals surface area contributed by atoms with Crippen molar-refractivity contribution in [2.75, 3.05) is 20.3 Å². The van der Waals surface area contributed by atoms with E-state index in [0.717, 1.165) is 0 Å². The van der Waals surface area contributed by atoms with E-state index in [1.54, 1.807) is 7.11 Å². The molecule has 0 aromatic heterocycles. The van der Waals surface area contributed by atoms with Gasteiger partial charge in [-0.25, -0.2) is 0 Å². The Bertz CT molecular complexity index is 74.1. The Kier molecular flexibility index (Phi) is 1.83. The maximum atomic E-state index is 8.94. The van der Waals surface area contributed by atoms with Gasteiger partial charge in [0.1, 0.15) is 12.2 Å². The van der Waals surface area contributed by atoms with Gasteiger partial charge in [0, 0.05) is 7.11 Å². The van der Waals surface area contributed by atoms with Crippen LogP contribution in [0.4, 0.5) is 0 Å². The molecule has 0 saturated carbocycles. The molecule has 1 heterocycles. The zero-order chi connectivity index (χ0) is 5.98. The summed E-state index contributed by atoms with van der Waals surface area (Å²) < 4.78 is 9.73. The molecule has 1 rings (SSSR count). The Balaban J connectivity index is 2.30. The first-order valence-electron chi connectivity index (χ1n) is 2.63. The zero-order valence-corrected chi connectivity index (χ0v) is 4.83. The van der Waals surface area contributed by atoms with E-state index >= 15 is 0 Å². The first kappa shape index (κ1) is 6.01. The first-order chi connectivity index (χ1) is 3.84. The van der Waals surface area contributed by atoms with Gasteiger partial charge in [0.2, 0.25) is 0 Å². The molecule has 1 aliphatic rings. The summed E-state index contributed by atoms with van der Waals surface area (Å²) in [6.45, 7) is 0.941. The average molecular weight is 118 g/mol. The molecule has 0 bridgehead atoms. The van der Waals surface area contributed by atoms with Crippen LogP contribution in [-0.4, -0.2) is 37.6 Å². The summed E-state index contributed by atoms with van der Waals surface area (Å²) in [4.78, 5) is 0. The van der Waals surface area contributed by atoms with E-state index in [-0.39, 0.29) is 6.10 Å². The second kappa shape index (κ2) is 2.44. The SMILES string of the molecule is CO[C@@H]1COC[C@@H]1O. The van der Waals surface area contributed by atoms with Gasteiger partial charge in [-0.1, -0.05) is 0 Å². The van der Waals surface area contributed by atoms with Crippen molar-refractivity contribution >= 4 is 0 Å². The van der Waals surface area contributed by atoms with Crippen LogP contribution in [0.1, 0.15) is 0 Å². The van der Waals surface area contributed by atoms with Crippen LogP contribution in [-0.2, 0) is 9.47 Å². The second-order valence-electron chi connectivity index (χ2n) is 1.88. The Hall–Kier alpha value is -0.120.